The molecule has 10 heavy (non-hydrogen) atoms. The Labute approximate surface area is 63.0 Å². The highest BCUT2D eigenvalue weighted by molar-refractivity contribution is 4.80. The number of rotatable bonds is 1. The first kappa shape index (κ1) is 8.02. The Morgan fingerprint density at radius 2 is 1.70 bits per heavy atom. The second kappa shape index (κ2) is 3.35. The van der Waals surface area contributed by atoms with Gasteiger partial charge < -0.3 is 10.1 Å². The Kier molecular flexibility index (Phi) is 2.69. The zero-order valence-electron chi connectivity index (χ0n) is 7.05. The van der Waals surface area contributed by atoms with Crippen LogP contribution in [-0.2, 0) is 4.74 Å². The van der Waals surface area contributed by atoms with Crippen LogP contribution in [0.4, 0.5) is 0 Å². The molecule has 2 nitrogen and oxygen atoms in total. The van der Waals surface area contributed by atoms with Gasteiger partial charge in [-0.1, -0.05) is 0 Å². The van der Waals surface area contributed by atoms with Crippen LogP contribution in [0.2, 0.25) is 0 Å². The van der Waals surface area contributed by atoms with Gasteiger partial charge in [-0.2, -0.15) is 0 Å². The summed E-state index contributed by atoms with van der Waals surface area (Å²) in [6.45, 7) is 4.42. The van der Waals surface area contributed by atoms with Crippen LogP contribution in [-0.4, -0.2) is 25.3 Å². The lowest BCUT2D eigenvalue weighted by Gasteiger charge is -2.31. The Morgan fingerprint density at radius 3 is 2.10 bits per heavy atom. The topological polar surface area (TPSA) is 21.3 Å². The van der Waals surface area contributed by atoms with Crippen molar-refractivity contribution in [1.29, 1.82) is 0 Å². The van der Waals surface area contributed by atoms with Gasteiger partial charge in [-0.25, -0.2) is 0 Å². The van der Waals surface area contributed by atoms with Crippen LogP contribution in [0, 0.1) is 0 Å². The number of hydrogen-bond acceptors (Lipinski definition) is 2. The largest absolute Gasteiger partial charge is 0.381 e. The molecule has 0 aromatic carbocycles. The molecular formula is C8H17NO. The van der Waals surface area contributed by atoms with Crippen molar-refractivity contribution in [1.82, 2.24) is 5.32 Å². The van der Waals surface area contributed by atoms with E-state index in [4.69, 9.17) is 4.74 Å². The summed E-state index contributed by atoms with van der Waals surface area (Å²) in [5.74, 6) is 0. The highest BCUT2D eigenvalue weighted by Gasteiger charge is 2.22. The van der Waals surface area contributed by atoms with Crippen molar-refractivity contribution in [3.05, 3.63) is 0 Å². The average Bonchev–Trinajstić information content (AvgIpc) is 1.85. The molecule has 1 fully saturated rings. The second-order valence-corrected chi connectivity index (χ2v) is 3.30. The third kappa shape index (κ3) is 1.96. The van der Waals surface area contributed by atoms with Gasteiger partial charge in [0.25, 0.3) is 0 Å². The third-order valence-electron chi connectivity index (χ3n) is 2.14. The molecule has 0 saturated carbocycles. The Morgan fingerprint density at radius 1 is 1.20 bits per heavy atom. The van der Waals surface area contributed by atoms with Crippen molar-refractivity contribution in [2.75, 3.05) is 7.11 Å². The Hall–Kier alpha value is -0.0800. The first-order chi connectivity index (χ1) is 4.72. The number of ether oxygens (including phenoxy) is 1. The zero-order valence-corrected chi connectivity index (χ0v) is 7.05. The quantitative estimate of drug-likeness (QED) is 0.594. The van der Waals surface area contributed by atoms with Crippen LogP contribution in [0.25, 0.3) is 0 Å². The van der Waals surface area contributed by atoms with Gasteiger partial charge in [0.2, 0.25) is 0 Å². The van der Waals surface area contributed by atoms with Crippen LogP contribution in [0.5, 0.6) is 0 Å². The van der Waals surface area contributed by atoms with Crippen LogP contribution in [0.3, 0.4) is 0 Å². The summed E-state index contributed by atoms with van der Waals surface area (Å²) in [6, 6.07) is 1.24. The maximum atomic E-state index is 5.29. The van der Waals surface area contributed by atoms with E-state index in [1.165, 1.54) is 0 Å². The van der Waals surface area contributed by atoms with Crippen molar-refractivity contribution in [2.24, 2.45) is 0 Å². The lowest BCUT2D eigenvalue weighted by molar-refractivity contribution is 0.0515. The van der Waals surface area contributed by atoms with E-state index < -0.39 is 0 Å². The van der Waals surface area contributed by atoms with Crippen LogP contribution < -0.4 is 5.32 Å². The molecule has 2 heteroatoms. The molecule has 0 aromatic rings. The average molecular weight is 143 g/mol. The van der Waals surface area contributed by atoms with Crippen molar-refractivity contribution < 1.29 is 4.74 Å². The third-order valence-corrected chi connectivity index (χ3v) is 2.14. The number of hydrogen-bond donors (Lipinski definition) is 1. The maximum absolute atomic E-state index is 5.29. The number of nitrogens with one attached hydrogen (secondary N) is 1. The van der Waals surface area contributed by atoms with Gasteiger partial charge in [-0.15, -0.1) is 0 Å². The predicted molar refractivity (Wildman–Crippen MR) is 42.1 cm³/mol. The van der Waals surface area contributed by atoms with E-state index in [1.54, 1.807) is 7.11 Å². The van der Waals surface area contributed by atoms with Crippen molar-refractivity contribution >= 4 is 0 Å². The van der Waals surface area contributed by atoms with Gasteiger partial charge in [-0.05, 0) is 26.7 Å². The molecule has 2 atom stereocenters. The summed E-state index contributed by atoms with van der Waals surface area (Å²) in [7, 11) is 1.80. The van der Waals surface area contributed by atoms with Gasteiger partial charge in [0.15, 0.2) is 0 Å². The fraction of sp³-hybridized carbons (Fsp3) is 1.00. The molecule has 1 N–H and O–H groups in total. The molecule has 0 spiro atoms. The second-order valence-electron chi connectivity index (χ2n) is 3.30. The molecule has 2 unspecified atom stereocenters. The molecule has 0 bridgehead atoms. The van der Waals surface area contributed by atoms with E-state index in [9.17, 15) is 0 Å². The Bertz CT molecular complexity index is 95.4. The maximum Gasteiger partial charge on any atom is 0.0600 e. The molecule has 0 amide bonds. The van der Waals surface area contributed by atoms with E-state index in [-0.39, 0.29) is 0 Å². The van der Waals surface area contributed by atoms with Crippen LogP contribution in [0.15, 0.2) is 0 Å². The summed E-state index contributed by atoms with van der Waals surface area (Å²) < 4.78 is 5.29. The number of methoxy groups -OCH3 is 1. The summed E-state index contributed by atoms with van der Waals surface area (Å²) >= 11 is 0. The van der Waals surface area contributed by atoms with E-state index in [0.29, 0.717) is 18.2 Å². The van der Waals surface area contributed by atoms with Crippen molar-refractivity contribution in [2.45, 2.75) is 44.9 Å². The highest BCUT2D eigenvalue weighted by Crippen LogP contribution is 2.15. The fourth-order valence-corrected chi connectivity index (χ4v) is 1.70. The predicted octanol–water partition coefficient (Wildman–Crippen LogP) is 1.16. The Balaban J connectivity index is 2.35. The first-order valence-corrected chi connectivity index (χ1v) is 4.01. The lowest BCUT2D eigenvalue weighted by atomic mass is 9.98. The minimum absolute atomic E-state index is 0.478. The van der Waals surface area contributed by atoms with Gasteiger partial charge in [0.1, 0.15) is 0 Å². The highest BCUT2D eigenvalue weighted by atomic mass is 16.5. The van der Waals surface area contributed by atoms with Crippen molar-refractivity contribution in [3.63, 3.8) is 0 Å². The molecule has 1 heterocycles. The zero-order chi connectivity index (χ0) is 7.56. The van der Waals surface area contributed by atoms with Crippen molar-refractivity contribution in [3.8, 4) is 0 Å². The fourth-order valence-electron chi connectivity index (χ4n) is 1.70. The van der Waals surface area contributed by atoms with E-state index in [2.05, 4.69) is 19.2 Å². The van der Waals surface area contributed by atoms with Gasteiger partial charge >= 0.3 is 0 Å². The molecule has 1 aliphatic rings. The van der Waals surface area contributed by atoms with Crippen LogP contribution in [0.1, 0.15) is 26.7 Å². The molecule has 60 valence electrons. The molecule has 0 aromatic heterocycles. The molecule has 1 aliphatic heterocycles. The summed E-state index contributed by atoms with van der Waals surface area (Å²) in [6.07, 6.45) is 2.79. The summed E-state index contributed by atoms with van der Waals surface area (Å²) in [5, 5.41) is 3.46. The van der Waals surface area contributed by atoms with E-state index >= 15 is 0 Å². The first-order valence-electron chi connectivity index (χ1n) is 4.01. The standard InChI is InChI=1S/C8H17NO/c1-6-4-8(10-3)5-7(2)9-6/h6-9H,4-5H2,1-3H3. The monoisotopic (exact) mass is 143 g/mol. The molecular weight excluding hydrogens is 126 g/mol. The normalized spacial score (nSPS) is 41.7. The van der Waals surface area contributed by atoms with E-state index in [0.717, 1.165) is 12.8 Å². The minimum atomic E-state index is 0.478. The smallest absolute Gasteiger partial charge is 0.0600 e. The van der Waals surface area contributed by atoms with E-state index in [1.807, 2.05) is 0 Å². The summed E-state index contributed by atoms with van der Waals surface area (Å²) in [5.41, 5.74) is 0. The molecule has 0 aliphatic carbocycles. The molecule has 0 radical (unpaired) electrons. The number of piperidine rings is 1. The van der Waals surface area contributed by atoms with Gasteiger partial charge in [-0.3, -0.25) is 0 Å². The molecule has 1 rings (SSSR count). The van der Waals surface area contributed by atoms with Gasteiger partial charge in [0.05, 0.1) is 6.10 Å². The lowest BCUT2D eigenvalue weighted by Crippen LogP contribution is -2.44. The van der Waals surface area contributed by atoms with Gasteiger partial charge in [0, 0.05) is 19.2 Å². The molecule has 1 saturated heterocycles. The SMILES string of the molecule is COC1CC(C)NC(C)C1. The summed E-state index contributed by atoms with van der Waals surface area (Å²) in [4.78, 5) is 0. The van der Waals surface area contributed by atoms with Crippen LogP contribution >= 0.6 is 0 Å². The minimum Gasteiger partial charge on any atom is -0.381 e.